The van der Waals surface area contributed by atoms with Crippen molar-refractivity contribution in [2.75, 3.05) is 5.32 Å². The zero-order valence-electron chi connectivity index (χ0n) is 17.8. The molecule has 0 spiro atoms. The zero-order chi connectivity index (χ0) is 25.7. The van der Waals surface area contributed by atoms with Crippen LogP contribution in [0.1, 0.15) is 11.1 Å². The molecule has 0 fully saturated rings. The number of carbonyl (C=O) groups is 1. The van der Waals surface area contributed by atoms with Crippen molar-refractivity contribution in [2.24, 2.45) is 0 Å². The summed E-state index contributed by atoms with van der Waals surface area (Å²) < 4.78 is 5.64. The highest BCUT2D eigenvalue weighted by Crippen LogP contribution is 2.41. The Hall–Kier alpha value is -4.46. The summed E-state index contributed by atoms with van der Waals surface area (Å²) in [4.78, 5) is 33.5. The van der Waals surface area contributed by atoms with Crippen molar-refractivity contribution in [3.8, 4) is 17.6 Å². The van der Waals surface area contributed by atoms with Gasteiger partial charge in [-0.2, -0.15) is 5.26 Å². The Morgan fingerprint density at radius 3 is 2.34 bits per heavy atom. The number of hydrogen-bond donors (Lipinski definition) is 1. The molecule has 0 unspecified atom stereocenters. The summed E-state index contributed by atoms with van der Waals surface area (Å²) in [5.41, 5.74) is -0.00000263. The summed E-state index contributed by atoms with van der Waals surface area (Å²) >= 11 is 12.3. The number of anilines is 1. The number of amides is 1. The largest absolute Gasteiger partial charge is 0.448 e. The zero-order valence-corrected chi connectivity index (χ0v) is 19.3. The quantitative estimate of drug-likeness (QED) is 0.165. The second-order valence-corrected chi connectivity index (χ2v) is 7.91. The van der Waals surface area contributed by atoms with Gasteiger partial charge in [0, 0.05) is 22.3 Å². The van der Waals surface area contributed by atoms with Crippen molar-refractivity contribution in [1.29, 1.82) is 5.26 Å². The number of halogens is 2. The summed E-state index contributed by atoms with van der Waals surface area (Å²) in [5.74, 6) is -1.22. The standard InChI is InChI=1S/C23H14Cl2N4O6/c1-13-2-4-17(5-3-13)27-23(30)15(12-26)8-14-9-16(24)10-19(25)22(14)35-21-7-6-18(28(31)32)11-20(21)29(33)34/h2-11H,1H3,(H,27,30)/b15-8+. The maximum absolute atomic E-state index is 12.7. The number of non-ortho nitro benzene ring substituents is 1. The van der Waals surface area contributed by atoms with Crippen LogP contribution in [0.5, 0.6) is 11.5 Å². The number of carbonyl (C=O) groups excluding carboxylic acids is 1. The maximum Gasteiger partial charge on any atom is 0.318 e. The topological polar surface area (TPSA) is 148 Å². The Morgan fingerprint density at radius 2 is 1.74 bits per heavy atom. The van der Waals surface area contributed by atoms with E-state index in [1.54, 1.807) is 30.3 Å². The lowest BCUT2D eigenvalue weighted by Gasteiger charge is -2.12. The molecule has 35 heavy (non-hydrogen) atoms. The van der Waals surface area contributed by atoms with E-state index in [0.717, 1.165) is 29.8 Å². The average molecular weight is 513 g/mol. The molecule has 0 bridgehead atoms. The molecule has 0 aliphatic rings. The van der Waals surface area contributed by atoms with Gasteiger partial charge in [-0.25, -0.2) is 0 Å². The van der Waals surface area contributed by atoms with Crippen LogP contribution in [-0.4, -0.2) is 15.8 Å². The van der Waals surface area contributed by atoms with Crippen molar-refractivity contribution in [3.05, 3.63) is 102 Å². The first kappa shape index (κ1) is 25.2. The molecule has 0 radical (unpaired) electrons. The van der Waals surface area contributed by atoms with Gasteiger partial charge in [0.05, 0.1) is 20.9 Å². The second-order valence-electron chi connectivity index (χ2n) is 7.06. The lowest BCUT2D eigenvalue weighted by atomic mass is 10.1. The van der Waals surface area contributed by atoms with E-state index in [9.17, 15) is 30.3 Å². The van der Waals surface area contributed by atoms with Crippen LogP contribution in [0.25, 0.3) is 6.08 Å². The molecule has 176 valence electrons. The summed E-state index contributed by atoms with van der Waals surface area (Å²) in [6.45, 7) is 1.88. The van der Waals surface area contributed by atoms with Gasteiger partial charge >= 0.3 is 5.69 Å². The maximum atomic E-state index is 12.7. The van der Waals surface area contributed by atoms with Gasteiger partial charge in [0.1, 0.15) is 11.6 Å². The van der Waals surface area contributed by atoms with Crippen LogP contribution in [-0.2, 0) is 4.79 Å². The van der Waals surface area contributed by atoms with Gasteiger partial charge in [0.15, 0.2) is 5.75 Å². The van der Waals surface area contributed by atoms with E-state index >= 15 is 0 Å². The van der Waals surface area contributed by atoms with Gasteiger partial charge in [-0.15, -0.1) is 0 Å². The first-order chi connectivity index (χ1) is 16.6. The van der Waals surface area contributed by atoms with Crippen LogP contribution in [0, 0.1) is 38.5 Å². The number of benzene rings is 3. The van der Waals surface area contributed by atoms with Gasteiger partial charge in [-0.1, -0.05) is 40.9 Å². The van der Waals surface area contributed by atoms with E-state index in [1.807, 2.05) is 6.92 Å². The lowest BCUT2D eigenvalue weighted by Crippen LogP contribution is -2.13. The molecule has 1 amide bonds. The molecule has 10 nitrogen and oxygen atoms in total. The van der Waals surface area contributed by atoms with E-state index in [-0.39, 0.29) is 32.7 Å². The van der Waals surface area contributed by atoms with Crippen molar-refractivity contribution < 1.29 is 19.4 Å². The fourth-order valence-electron chi connectivity index (χ4n) is 2.89. The van der Waals surface area contributed by atoms with Gasteiger partial charge in [-0.05, 0) is 43.3 Å². The molecule has 0 saturated carbocycles. The van der Waals surface area contributed by atoms with E-state index < -0.39 is 27.1 Å². The van der Waals surface area contributed by atoms with Gasteiger partial charge < -0.3 is 10.1 Å². The number of hydrogen-bond acceptors (Lipinski definition) is 7. The van der Waals surface area contributed by atoms with E-state index in [4.69, 9.17) is 27.9 Å². The number of rotatable bonds is 7. The Bertz CT molecular complexity index is 1410. The molecule has 1 N–H and O–H groups in total. The van der Waals surface area contributed by atoms with Crippen molar-refractivity contribution in [1.82, 2.24) is 0 Å². The predicted molar refractivity (Wildman–Crippen MR) is 130 cm³/mol. The smallest absolute Gasteiger partial charge is 0.318 e. The van der Waals surface area contributed by atoms with Crippen molar-refractivity contribution in [2.45, 2.75) is 6.92 Å². The molecule has 0 aliphatic heterocycles. The monoisotopic (exact) mass is 512 g/mol. The predicted octanol–water partition coefficient (Wildman–Crippen LogP) is 6.46. The molecule has 0 saturated heterocycles. The Balaban J connectivity index is 2.03. The van der Waals surface area contributed by atoms with Gasteiger partial charge in [-0.3, -0.25) is 25.0 Å². The third-order valence-corrected chi connectivity index (χ3v) is 5.07. The van der Waals surface area contributed by atoms with E-state index in [0.29, 0.717) is 5.69 Å². The minimum Gasteiger partial charge on any atom is -0.448 e. The lowest BCUT2D eigenvalue weighted by molar-refractivity contribution is -0.394. The SMILES string of the molecule is Cc1ccc(NC(=O)/C(C#N)=C/c2cc(Cl)cc(Cl)c2Oc2ccc([N+](=O)[O-])cc2[N+](=O)[O-])cc1. The highest BCUT2D eigenvalue weighted by Gasteiger charge is 2.23. The van der Waals surface area contributed by atoms with Crippen LogP contribution < -0.4 is 10.1 Å². The molecular weight excluding hydrogens is 499 g/mol. The van der Waals surface area contributed by atoms with Gasteiger partial charge in [0.2, 0.25) is 5.75 Å². The second kappa shape index (κ2) is 10.6. The third kappa shape index (κ3) is 6.11. The number of ether oxygens (including phenoxy) is 1. The Labute approximate surface area is 208 Å². The van der Waals surface area contributed by atoms with Gasteiger partial charge in [0.25, 0.3) is 11.6 Å². The molecule has 0 aliphatic carbocycles. The number of aryl methyl sites for hydroxylation is 1. The van der Waals surface area contributed by atoms with Crippen molar-refractivity contribution in [3.63, 3.8) is 0 Å². The van der Waals surface area contributed by atoms with Crippen LogP contribution in [0.15, 0.2) is 60.2 Å². The summed E-state index contributed by atoms with van der Waals surface area (Å²) in [6.07, 6.45) is 1.16. The molecule has 0 aromatic heterocycles. The van der Waals surface area contributed by atoms with E-state index in [1.165, 1.54) is 12.1 Å². The highest BCUT2D eigenvalue weighted by atomic mass is 35.5. The molecular formula is C23H14Cl2N4O6. The molecule has 12 heteroatoms. The summed E-state index contributed by atoms with van der Waals surface area (Å²) in [6, 6.07) is 14.1. The normalized spacial score (nSPS) is 10.9. The Kier molecular flexibility index (Phi) is 7.66. The van der Waals surface area contributed by atoms with Crippen LogP contribution in [0.3, 0.4) is 0 Å². The minimum absolute atomic E-state index is 0.0748. The first-order valence-corrected chi connectivity index (χ1v) is 10.4. The number of nitrogens with zero attached hydrogens (tertiary/aromatic N) is 3. The number of nitro benzene ring substituents is 2. The molecule has 3 aromatic carbocycles. The minimum atomic E-state index is -0.850. The average Bonchev–Trinajstić information content (AvgIpc) is 2.80. The number of nitriles is 1. The molecule has 0 heterocycles. The fraction of sp³-hybridized carbons (Fsp3) is 0.0435. The molecule has 3 rings (SSSR count). The van der Waals surface area contributed by atoms with Crippen LogP contribution in [0.4, 0.5) is 17.1 Å². The van der Waals surface area contributed by atoms with Crippen LogP contribution in [0.2, 0.25) is 10.0 Å². The fourth-order valence-corrected chi connectivity index (χ4v) is 3.44. The first-order valence-electron chi connectivity index (χ1n) is 9.68. The molecule has 0 atom stereocenters. The number of nitrogens with one attached hydrogen (secondary N) is 1. The summed E-state index contributed by atoms with van der Waals surface area (Å²) in [7, 11) is 0. The van der Waals surface area contributed by atoms with Crippen LogP contribution >= 0.6 is 23.2 Å². The molecule has 3 aromatic rings. The highest BCUT2D eigenvalue weighted by molar-refractivity contribution is 6.36. The van der Waals surface area contributed by atoms with E-state index in [2.05, 4.69) is 5.32 Å². The number of nitro groups is 2. The summed E-state index contributed by atoms with van der Waals surface area (Å²) in [5, 5.41) is 34.7. The third-order valence-electron chi connectivity index (χ3n) is 4.57. The van der Waals surface area contributed by atoms with Crippen molar-refractivity contribution >= 4 is 52.2 Å². The Morgan fingerprint density at radius 1 is 1.06 bits per heavy atom.